The first-order chi connectivity index (χ1) is 10.1. The number of ether oxygens (including phenoxy) is 1. The van der Waals surface area contributed by atoms with Gasteiger partial charge >= 0.3 is 0 Å². The van der Waals surface area contributed by atoms with Crippen LogP contribution in [0.25, 0.3) is 6.08 Å². The number of carbonyl (C=O) groups excluding carboxylic acids is 1. The summed E-state index contributed by atoms with van der Waals surface area (Å²) < 4.78 is 5.68. The van der Waals surface area contributed by atoms with E-state index >= 15 is 0 Å². The highest BCUT2D eigenvalue weighted by Gasteiger charge is 2.01. The van der Waals surface area contributed by atoms with Crippen molar-refractivity contribution in [3.05, 3.63) is 71.8 Å². The van der Waals surface area contributed by atoms with E-state index in [4.69, 9.17) is 4.74 Å². The molecule has 0 aliphatic heterocycles. The minimum Gasteiger partial charge on any atom is -0.493 e. The molecular formula is C19H20O2. The predicted molar refractivity (Wildman–Crippen MR) is 86.6 cm³/mol. The second-order valence-corrected chi connectivity index (χ2v) is 5.34. The molecule has 2 nitrogen and oxygen atoms in total. The van der Waals surface area contributed by atoms with E-state index in [0.29, 0.717) is 18.1 Å². The summed E-state index contributed by atoms with van der Waals surface area (Å²) in [5, 5.41) is 0. The fourth-order valence-electron chi connectivity index (χ4n) is 1.84. The minimum absolute atomic E-state index is 0.00380. The van der Waals surface area contributed by atoms with Crippen molar-refractivity contribution in [2.75, 3.05) is 6.61 Å². The van der Waals surface area contributed by atoms with Gasteiger partial charge < -0.3 is 4.74 Å². The number of benzene rings is 2. The zero-order chi connectivity index (χ0) is 15.1. The Morgan fingerprint density at radius 2 is 1.86 bits per heavy atom. The van der Waals surface area contributed by atoms with Crippen molar-refractivity contribution in [2.24, 2.45) is 5.92 Å². The minimum atomic E-state index is 0.00380. The third kappa shape index (κ3) is 4.92. The summed E-state index contributed by atoms with van der Waals surface area (Å²) in [6, 6.07) is 17.0. The van der Waals surface area contributed by atoms with Gasteiger partial charge in [-0.25, -0.2) is 0 Å². The van der Waals surface area contributed by atoms with E-state index in [1.165, 1.54) is 0 Å². The molecule has 2 aromatic carbocycles. The van der Waals surface area contributed by atoms with Crippen LogP contribution in [-0.4, -0.2) is 12.4 Å². The summed E-state index contributed by atoms with van der Waals surface area (Å²) in [6.45, 7) is 4.92. The SMILES string of the molecule is CC(C)COc1cccc(/C=C/C(=O)c2ccccc2)c1. The number of allylic oxidation sites excluding steroid dienone is 1. The largest absolute Gasteiger partial charge is 0.493 e. The summed E-state index contributed by atoms with van der Waals surface area (Å²) >= 11 is 0. The van der Waals surface area contributed by atoms with E-state index in [2.05, 4.69) is 13.8 Å². The maximum absolute atomic E-state index is 12.0. The van der Waals surface area contributed by atoms with E-state index < -0.39 is 0 Å². The average molecular weight is 280 g/mol. The van der Waals surface area contributed by atoms with Crippen LogP contribution >= 0.6 is 0 Å². The maximum atomic E-state index is 12.0. The van der Waals surface area contributed by atoms with Crippen molar-refractivity contribution >= 4 is 11.9 Å². The number of rotatable bonds is 6. The first kappa shape index (κ1) is 15.0. The number of ketones is 1. The Kier molecular flexibility index (Phi) is 5.33. The molecule has 0 aliphatic rings. The first-order valence-electron chi connectivity index (χ1n) is 7.15. The molecule has 21 heavy (non-hydrogen) atoms. The highest BCUT2D eigenvalue weighted by molar-refractivity contribution is 6.06. The van der Waals surface area contributed by atoms with Gasteiger partial charge in [0.1, 0.15) is 5.75 Å². The van der Waals surface area contributed by atoms with Gasteiger partial charge in [0.25, 0.3) is 0 Å². The van der Waals surface area contributed by atoms with Gasteiger partial charge in [0.2, 0.25) is 0 Å². The van der Waals surface area contributed by atoms with E-state index in [1.807, 2.05) is 60.7 Å². The molecule has 0 heterocycles. The van der Waals surface area contributed by atoms with Crippen molar-refractivity contribution in [1.82, 2.24) is 0 Å². The van der Waals surface area contributed by atoms with Gasteiger partial charge in [0.05, 0.1) is 6.61 Å². The Balaban J connectivity index is 2.04. The molecule has 0 saturated heterocycles. The van der Waals surface area contributed by atoms with Crippen LogP contribution < -0.4 is 4.74 Å². The molecule has 2 aromatic rings. The van der Waals surface area contributed by atoms with Crippen LogP contribution in [0.15, 0.2) is 60.7 Å². The zero-order valence-electron chi connectivity index (χ0n) is 12.5. The van der Waals surface area contributed by atoms with Crippen molar-refractivity contribution in [1.29, 1.82) is 0 Å². The molecule has 2 heteroatoms. The molecule has 0 fully saturated rings. The molecule has 0 aromatic heterocycles. The Morgan fingerprint density at radius 1 is 1.10 bits per heavy atom. The van der Waals surface area contributed by atoms with Crippen LogP contribution in [0.3, 0.4) is 0 Å². The lowest BCUT2D eigenvalue weighted by Crippen LogP contribution is -2.04. The van der Waals surface area contributed by atoms with E-state index in [1.54, 1.807) is 6.08 Å². The van der Waals surface area contributed by atoms with Gasteiger partial charge in [-0.1, -0.05) is 62.4 Å². The van der Waals surface area contributed by atoms with Crippen molar-refractivity contribution in [3.63, 3.8) is 0 Å². The fourth-order valence-corrected chi connectivity index (χ4v) is 1.84. The summed E-state index contributed by atoms with van der Waals surface area (Å²) in [7, 11) is 0. The van der Waals surface area contributed by atoms with E-state index in [9.17, 15) is 4.79 Å². The normalized spacial score (nSPS) is 11.0. The molecule has 2 rings (SSSR count). The van der Waals surface area contributed by atoms with Gasteiger partial charge in [-0.15, -0.1) is 0 Å². The molecular weight excluding hydrogens is 260 g/mol. The van der Waals surface area contributed by atoms with Crippen LogP contribution in [0.5, 0.6) is 5.75 Å². The van der Waals surface area contributed by atoms with Crippen molar-refractivity contribution < 1.29 is 9.53 Å². The molecule has 0 unspecified atom stereocenters. The standard InChI is InChI=1S/C19H20O2/c1-15(2)14-21-18-10-6-7-16(13-18)11-12-19(20)17-8-4-3-5-9-17/h3-13,15H,14H2,1-2H3/b12-11+. The van der Waals surface area contributed by atoms with Gasteiger partial charge in [0, 0.05) is 5.56 Å². The molecule has 0 bridgehead atoms. The maximum Gasteiger partial charge on any atom is 0.185 e. The smallest absolute Gasteiger partial charge is 0.185 e. The van der Waals surface area contributed by atoms with Crippen LogP contribution in [0.2, 0.25) is 0 Å². The lowest BCUT2D eigenvalue weighted by Gasteiger charge is -2.08. The summed E-state index contributed by atoms with van der Waals surface area (Å²) in [4.78, 5) is 12.0. The third-order valence-electron chi connectivity index (χ3n) is 2.93. The topological polar surface area (TPSA) is 26.3 Å². The Hall–Kier alpha value is -2.35. The Bertz CT molecular complexity index is 612. The number of hydrogen-bond donors (Lipinski definition) is 0. The van der Waals surface area contributed by atoms with Crippen molar-refractivity contribution in [2.45, 2.75) is 13.8 Å². The quantitative estimate of drug-likeness (QED) is 0.570. The Morgan fingerprint density at radius 3 is 2.57 bits per heavy atom. The average Bonchev–Trinajstić information content (AvgIpc) is 2.52. The highest BCUT2D eigenvalue weighted by Crippen LogP contribution is 2.15. The summed E-state index contributed by atoms with van der Waals surface area (Å²) in [6.07, 6.45) is 3.41. The summed E-state index contributed by atoms with van der Waals surface area (Å²) in [5.41, 5.74) is 1.65. The third-order valence-corrected chi connectivity index (χ3v) is 2.93. The highest BCUT2D eigenvalue weighted by atomic mass is 16.5. The monoisotopic (exact) mass is 280 g/mol. The van der Waals surface area contributed by atoms with Gasteiger partial charge in [-0.05, 0) is 29.7 Å². The lowest BCUT2D eigenvalue weighted by atomic mass is 10.1. The van der Waals surface area contributed by atoms with Crippen LogP contribution in [-0.2, 0) is 0 Å². The molecule has 0 amide bonds. The molecule has 0 atom stereocenters. The number of hydrogen-bond acceptors (Lipinski definition) is 2. The second-order valence-electron chi connectivity index (χ2n) is 5.34. The Labute approximate surface area is 126 Å². The molecule has 0 spiro atoms. The molecule has 0 saturated carbocycles. The van der Waals surface area contributed by atoms with Crippen LogP contribution in [0.4, 0.5) is 0 Å². The van der Waals surface area contributed by atoms with Crippen LogP contribution in [0.1, 0.15) is 29.8 Å². The molecule has 0 N–H and O–H groups in total. The van der Waals surface area contributed by atoms with Crippen molar-refractivity contribution in [3.8, 4) is 5.75 Å². The van der Waals surface area contributed by atoms with E-state index in [-0.39, 0.29) is 5.78 Å². The first-order valence-corrected chi connectivity index (χ1v) is 7.15. The fraction of sp³-hybridized carbons (Fsp3) is 0.211. The molecule has 0 aliphatic carbocycles. The second kappa shape index (κ2) is 7.44. The van der Waals surface area contributed by atoms with E-state index in [0.717, 1.165) is 11.3 Å². The van der Waals surface area contributed by atoms with Gasteiger partial charge in [-0.2, -0.15) is 0 Å². The molecule has 0 radical (unpaired) electrons. The summed E-state index contributed by atoms with van der Waals surface area (Å²) in [5.74, 6) is 1.32. The predicted octanol–water partition coefficient (Wildman–Crippen LogP) is 4.62. The van der Waals surface area contributed by atoms with Gasteiger partial charge in [-0.3, -0.25) is 4.79 Å². The lowest BCUT2D eigenvalue weighted by molar-refractivity contribution is 0.104. The van der Waals surface area contributed by atoms with Crippen LogP contribution in [0, 0.1) is 5.92 Å². The zero-order valence-corrected chi connectivity index (χ0v) is 12.5. The number of carbonyl (C=O) groups is 1. The molecule has 108 valence electrons. The van der Waals surface area contributed by atoms with Gasteiger partial charge in [0.15, 0.2) is 5.78 Å².